The number of likely N-dealkylation sites (N-methyl/N-ethyl adjacent to an activating group) is 1. The zero-order valence-electron chi connectivity index (χ0n) is 24.9. The van der Waals surface area contributed by atoms with Crippen LogP contribution in [-0.4, -0.2) is 83.3 Å². The van der Waals surface area contributed by atoms with Crippen LogP contribution in [0.25, 0.3) is 0 Å². The van der Waals surface area contributed by atoms with Gasteiger partial charge in [-0.1, -0.05) is 59.5 Å². The molecule has 37 heavy (non-hydrogen) atoms. The summed E-state index contributed by atoms with van der Waals surface area (Å²) in [6, 6.07) is -0.734. The van der Waals surface area contributed by atoms with Crippen LogP contribution >= 0.6 is 0 Å². The van der Waals surface area contributed by atoms with Crippen molar-refractivity contribution in [2.75, 3.05) is 26.7 Å². The number of carbonyl (C=O) groups is 3. The summed E-state index contributed by atoms with van der Waals surface area (Å²) in [6.07, 6.45) is 10.6. The Morgan fingerprint density at radius 3 is 1.95 bits per heavy atom. The second kappa shape index (κ2) is 14.9. The van der Waals surface area contributed by atoms with E-state index in [1.807, 2.05) is 31.7 Å². The summed E-state index contributed by atoms with van der Waals surface area (Å²) in [5.74, 6) is 0.0108. The fourth-order valence-electron chi connectivity index (χ4n) is 5.76. The van der Waals surface area contributed by atoms with Gasteiger partial charge in [-0.15, -0.1) is 0 Å². The van der Waals surface area contributed by atoms with Crippen LogP contribution in [0, 0.1) is 11.8 Å². The van der Waals surface area contributed by atoms with E-state index in [0.717, 1.165) is 51.7 Å². The molecule has 2 rings (SSSR count). The molecule has 7 heteroatoms. The Morgan fingerprint density at radius 1 is 0.838 bits per heavy atom. The first-order chi connectivity index (χ1) is 17.5. The van der Waals surface area contributed by atoms with Crippen LogP contribution in [0.2, 0.25) is 0 Å². The SMILES string of the molecule is CC(=C[C@H](C(C)C)N(C)C(=O)[C@@H](NC(=O)[C@H]1CCCCN1C(C)C)C(C)C)C(=O)N1CCCCCCC1. The molecule has 0 radical (unpaired) electrons. The largest absolute Gasteiger partial charge is 0.343 e. The second-order valence-electron chi connectivity index (χ2n) is 12.2. The van der Waals surface area contributed by atoms with Crippen molar-refractivity contribution >= 4 is 17.7 Å². The highest BCUT2D eigenvalue weighted by molar-refractivity contribution is 5.93. The topological polar surface area (TPSA) is 73.0 Å². The molecule has 3 atom stereocenters. The molecule has 2 heterocycles. The normalized spacial score (nSPS) is 22.0. The van der Waals surface area contributed by atoms with Crippen molar-refractivity contribution < 1.29 is 14.4 Å². The van der Waals surface area contributed by atoms with Gasteiger partial charge in [0.05, 0.1) is 12.1 Å². The van der Waals surface area contributed by atoms with Crippen molar-refractivity contribution in [3.8, 4) is 0 Å². The van der Waals surface area contributed by atoms with Crippen LogP contribution in [0.4, 0.5) is 0 Å². The van der Waals surface area contributed by atoms with Gasteiger partial charge in [-0.2, -0.15) is 0 Å². The van der Waals surface area contributed by atoms with E-state index in [1.165, 1.54) is 19.3 Å². The van der Waals surface area contributed by atoms with Gasteiger partial charge in [0.1, 0.15) is 6.04 Å². The minimum absolute atomic E-state index is 0.0458. The average Bonchev–Trinajstić information content (AvgIpc) is 2.83. The Kier molecular flexibility index (Phi) is 12.6. The van der Waals surface area contributed by atoms with Gasteiger partial charge in [-0.05, 0) is 64.8 Å². The van der Waals surface area contributed by atoms with E-state index in [0.29, 0.717) is 5.57 Å². The fourth-order valence-corrected chi connectivity index (χ4v) is 5.76. The van der Waals surface area contributed by atoms with Gasteiger partial charge >= 0.3 is 0 Å². The molecule has 1 N–H and O–H groups in total. The summed E-state index contributed by atoms with van der Waals surface area (Å²) < 4.78 is 0. The molecular weight excluding hydrogens is 464 g/mol. The van der Waals surface area contributed by atoms with Crippen molar-refractivity contribution in [3.63, 3.8) is 0 Å². The van der Waals surface area contributed by atoms with E-state index in [1.54, 1.807) is 11.9 Å². The van der Waals surface area contributed by atoms with Gasteiger partial charge in [0.15, 0.2) is 0 Å². The molecule has 2 saturated heterocycles. The molecule has 0 saturated carbocycles. The molecule has 0 unspecified atom stereocenters. The lowest BCUT2D eigenvalue weighted by Crippen LogP contribution is -2.58. The third-order valence-corrected chi connectivity index (χ3v) is 8.12. The van der Waals surface area contributed by atoms with Gasteiger partial charge < -0.3 is 15.1 Å². The maximum absolute atomic E-state index is 13.8. The average molecular weight is 519 g/mol. The second-order valence-corrected chi connectivity index (χ2v) is 12.2. The van der Waals surface area contributed by atoms with E-state index in [2.05, 4.69) is 37.9 Å². The van der Waals surface area contributed by atoms with E-state index in [4.69, 9.17) is 0 Å². The van der Waals surface area contributed by atoms with Gasteiger partial charge in [0, 0.05) is 31.8 Å². The van der Waals surface area contributed by atoms with Crippen LogP contribution in [0.5, 0.6) is 0 Å². The Morgan fingerprint density at radius 2 is 1.41 bits per heavy atom. The Balaban J connectivity index is 2.17. The summed E-state index contributed by atoms with van der Waals surface area (Å²) in [6.45, 7) is 16.8. The van der Waals surface area contributed by atoms with Crippen molar-refractivity contribution in [2.24, 2.45) is 11.8 Å². The molecule has 2 aliphatic rings. The first kappa shape index (κ1) is 31.3. The first-order valence-electron chi connectivity index (χ1n) is 14.8. The molecule has 2 aliphatic heterocycles. The van der Waals surface area contributed by atoms with Crippen LogP contribution in [0.15, 0.2) is 11.6 Å². The number of carbonyl (C=O) groups excluding carboxylic acids is 3. The molecule has 0 spiro atoms. The van der Waals surface area contributed by atoms with Crippen LogP contribution in [0.1, 0.15) is 99.8 Å². The molecule has 3 amide bonds. The number of nitrogens with zero attached hydrogens (tertiary/aromatic N) is 3. The Hall–Kier alpha value is -1.89. The lowest BCUT2D eigenvalue weighted by atomic mass is 9.95. The Labute approximate surface area is 226 Å². The molecule has 2 fully saturated rings. The summed E-state index contributed by atoms with van der Waals surface area (Å²) in [5, 5.41) is 3.12. The summed E-state index contributed by atoms with van der Waals surface area (Å²) in [7, 11) is 1.81. The van der Waals surface area contributed by atoms with Crippen LogP contribution in [-0.2, 0) is 14.4 Å². The zero-order valence-corrected chi connectivity index (χ0v) is 24.9. The van der Waals surface area contributed by atoms with E-state index in [-0.39, 0.29) is 47.7 Å². The van der Waals surface area contributed by atoms with E-state index < -0.39 is 6.04 Å². The zero-order chi connectivity index (χ0) is 27.7. The molecular formula is C30H54N4O3. The van der Waals surface area contributed by atoms with Crippen molar-refractivity contribution in [1.82, 2.24) is 20.0 Å². The van der Waals surface area contributed by atoms with E-state index >= 15 is 0 Å². The maximum Gasteiger partial charge on any atom is 0.249 e. The molecule has 0 aliphatic carbocycles. The number of amides is 3. The van der Waals surface area contributed by atoms with E-state index in [9.17, 15) is 14.4 Å². The summed E-state index contributed by atoms with van der Waals surface area (Å²) >= 11 is 0. The van der Waals surface area contributed by atoms with Gasteiger partial charge in [0.25, 0.3) is 0 Å². The molecule has 0 aromatic heterocycles. The van der Waals surface area contributed by atoms with Crippen molar-refractivity contribution in [2.45, 2.75) is 124 Å². The highest BCUT2D eigenvalue weighted by Gasteiger charge is 2.36. The smallest absolute Gasteiger partial charge is 0.249 e. The monoisotopic (exact) mass is 518 g/mol. The number of hydrogen-bond acceptors (Lipinski definition) is 4. The van der Waals surface area contributed by atoms with Crippen LogP contribution in [0.3, 0.4) is 0 Å². The standard InChI is InChI=1S/C30H54N4O3/c1-21(2)26(20-24(7)29(36)33-17-13-10-9-11-14-18-33)32(8)30(37)27(22(3)4)31-28(35)25-16-12-15-19-34(25)23(5)6/h20-23,25-27H,9-19H2,1-8H3,(H,31,35)/t25-,26-,27+/m1/s1. The molecule has 0 aromatic rings. The highest BCUT2D eigenvalue weighted by Crippen LogP contribution is 2.22. The lowest BCUT2D eigenvalue weighted by molar-refractivity contribution is -0.140. The summed E-state index contributed by atoms with van der Waals surface area (Å²) in [4.78, 5) is 46.4. The summed E-state index contributed by atoms with van der Waals surface area (Å²) in [5.41, 5.74) is 0.693. The maximum atomic E-state index is 13.8. The third kappa shape index (κ3) is 8.83. The lowest BCUT2D eigenvalue weighted by Gasteiger charge is -2.39. The third-order valence-electron chi connectivity index (χ3n) is 8.12. The van der Waals surface area contributed by atoms with Gasteiger partial charge in [-0.25, -0.2) is 0 Å². The molecule has 7 nitrogen and oxygen atoms in total. The minimum Gasteiger partial charge on any atom is -0.343 e. The minimum atomic E-state index is -0.603. The molecule has 212 valence electrons. The predicted molar refractivity (Wildman–Crippen MR) is 151 cm³/mol. The number of likely N-dealkylation sites (tertiary alicyclic amines) is 2. The predicted octanol–water partition coefficient (Wildman–Crippen LogP) is 4.61. The number of hydrogen-bond donors (Lipinski definition) is 1. The Bertz CT molecular complexity index is 784. The van der Waals surface area contributed by atoms with Crippen molar-refractivity contribution in [1.29, 1.82) is 0 Å². The number of nitrogens with one attached hydrogen (secondary N) is 1. The first-order valence-corrected chi connectivity index (χ1v) is 14.8. The van der Waals surface area contributed by atoms with Gasteiger partial charge in [0.2, 0.25) is 17.7 Å². The van der Waals surface area contributed by atoms with Crippen LogP contribution < -0.4 is 5.32 Å². The molecule has 0 aromatic carbocycles. The number of rotatable bonds is 9. The quantitative estimate of drug-likeness (QED) is 0.453. The number of piperidine rings is 1. The van der Waals surface area contributed by atoms with Gasteiger partial charge in [-0.3, -0.25) is 19.3 Å². The molecule has 0 bridgehead atoms. The highest BCUT2D eigenvalue weighted by atomic mass is 16.2. The van der Waals surface area contributed by atoms with Crippen molar-refractivity contribution in [3.05, 3.63) is 11.6 Å². The fraction of sp³-hybridized carbons (Fsp3) is 0.833.